The van der Waals surface area contributed by atoms with Crippen LogP contribution in [0.1, 0.15) is 24.0 Å². The Morgan fingerprint density at radius 2 is 2.00 bits per heavy atom. The van der Waals surface area contributed by atoms with Gasteiger partial charge in [-0.15, -0.1) is 0 Å². The first-order chi connectivity index (χ1) is 14.7. The van der Waals surface area contributed by atoms with Crippen molar-refractivity contribution in [1.82, 2.24) is 9.62 Å². The number of anilines is 1. The third-order valence-electron chi connectivity index (χ3n) is 5.39. The fourth-order valence-corrected chi connectivity index (χ4v) is 5.39. The number of sulfonamides is 1. The van der Waals surface area contributed by atoms with E-state index in [9.17, 15) is 17.6 Å². The number of ether oxygens (including phenoxy) is 1. The van der Waals surface area contributed by atoms with E-state index in [-0.39, 0.29) is 18.8 Å². The van der Waals surface area contributed by atoms with Crippen molar-refractivity contribution in [2.24, 2.45) is 0 Å². The van der Waals surface area contributed by atoms with Crippen molar-refractivity contribution in [1.29, 1.82) is 0 Å². The van der Waals surface area contributed by atoms with Crippen LogP contribution in [0.2, 0.25) is 0 Å². The Morgan fingerprint density at radius 3 is 2.71 bits per heavy atom. The van der Waals surface area contributed by atoms with Gasteiger partial charge in [-0.1, -0.05) is 24.3 Å². The van der Waals surface area contributed by atoms with Crippen LogP contribution >= 0.6 is 0 Å². The number of halogens is 1. The molecule has 7 nitrogen and oxygen atoms in total. The summed E-state index contributed by atoms with van der Waals surface area (Å²) >= 11 is 0. The van der Waals surface area contributed by atoms with Crippen molar-refractivity contribution in [3.8, 4) is 0 Å². The molecule has 0 bridgehead atoms. The number of hydrogen-bond donors (Lipinski definition) is 2. The zero-order valence-electron chi connectivity index (χ0n) is 17.7. The molecule has 1 unspecified atom stereocenters. The molecular formula is C22H28FN3O4S. The molecule has 0 aromatic heterocycles. The van der Waals surface area contributed by atoms with Gasteiger partial charge in [-0.25, -0.2) is 17.6 Å². The van der Waals surface area contributed by atoms with E-state index in [4.69, 9.17) is 4.74 Å². The van der Waals surface area contributed by atoms with E-state index in [1.54, 1.807) is 19.2 Å². The first kappa shape index (κ1) is 23.2. The van der Waals surface area contributed by atoms with Crippen LogP contribution in [0.15, 0.2) is 48.5 Å². The highest BCUT2D eigenvalue weighted by molar-refractivity contribution is 7.88. The van der Waals surface area contributed by atoms with Crippen molar-refractivity contribution >= 4 is 21.7 Å². The largest absolute Gasteiger partial charge is 0.385 e. The average Bonchev–Trinajstić information content (AvgIpc) is 3.11. The van der Waals surface area contributed by atoms with Gasteiger partial charge >= 0.3 is 6.03 Å². The van der Waals surface area contributed by atoms with Gasteiger partial charge in [0.25, 0.3) is 0 Å². The fourth-order valence-electron chi connectivity index (χ4n) is 3.79. The topological polar surface area (TPSA) is 87.7 Å². The van der Waals surface area contributed by atoms with E-state index in [1.807, 2.05) is 25.1 Å². The van der Waals surface area contributed by atoms with E-state index in [1.165, 1.54) is 22.5 Å². The lowest BCUT2D eigenvalue weighted by molar-refractivity contribution is 0.159. The van der Waals surface area contributed by atoms with Gasteiger partial charge in [-0.2, -0.15) is 4.31 Å². The zero-order chi connectivity index (χ0) is 22.5. The van der Waals surface area contributed by atoms with E-state index in [0.29, 0.717) is 30.7 Å². The number of rotatable bonds is 8. The predicted octanol–water partition coefficient (Wildman–Crippen LogP) is 3.27. The van der Waals surface area contributed by atoms with Crippen molar-refractivity contribution in [3.05, 3.63) is 65.5 Å². The monoisotopic (exact) mass is 449 g/mol. The zero-order valence-corrected chi connectivity index (χ0v) is 18.5. The number of amides is 2. The number of carbonyl (C=O) groups excluding carboxylic acids is 1. The summed E-state index contributed by atoms with van der Waals surface area (Å²) in [7, 11) is -2.11. The van der Waals surface area contributed by atoms with Gasteiger partial charge in [0.2, 0.25) is 10.0 Å². The Labute approximate surface area is 182 Å². The maximum absolute atomic E-state index is 13.5. The number of nitrogens with zero attached hydrogens (tertiary/aromatic N) is 1. The molecule has 2 amide bonds. The third kappa shape index (κ3) is 6.25. The molecule has 1 aliphatic heterocycles. The molecule has 2 N–H and O–H groups in total. The maximum Gasteiger partial charge on any atom is 0.319 e. The molecule has 0 saturated carbocycles. The van der Waals surface area contributed by atoms with Crippen LogP contribution < -0.4 is 10.6 Å². The van der Waals surface area contributed by atoms with Crippen molar-refractivity contribution in [2.45, 2.75) is 31.1 Å². The molecule has 9 heteroatoms. The number of benzene rings is 2. The van der Waals surface area contributed by atoms with Gasteiger partial charge in [-0.05, 0) is 55.2 Å². The van der Waals surface area contributed by atoms with Crippen LogP contribution in [0.25, 0.3) is 0 Å². The van der Waals surface area contributed by atoms with Crippen molar-refractivity contribution in [2.75, 3.05) is 32.1 Å². The number of urea groups is 1. The van der Waals surface area contributed by atoms with Crippen LogP contribution in [0, 0.1) is 12.7 Å². The molecular weight excluding hydrogens is 421 g/mol. The molecule has 0 spiro atoms. The SMILES string of the molecule is COCCC1(NC(=O)Nc2cccc(C)c2)CCN(S(=O)(=O)Cc2cccc(F)c2)C1. The molecule has 0 aliphatic carbocycles. The maximum atomic E-state index is 13.5. The molecule has 0 radical (unpaired) electrons. The molecule has 1 atom stereocenters. The minimum absolute atomic E-state index is 0.134. The van der Waals surface area contributed by atoms with Crippen LogP contribution in [0.4, 0.5) is 14.9 Å². The number of nitrogens with one attached hydrogen (secondary N) is 2. The quantitative estimate of drug-likeness (QED) is 0.648. The lowest BCUT2D eigenvalue weighted by Gasteiger charge is -2.30. The highest BCUT2D eigenvalue weighted by atomic mass is 32.2. The van der Waals surface area contributed by atoms with E-state index in [2.05, 4.69) is 10.6 Å². The highest BCUT2D eigenvalue weighted by Crippen LogP contribution is 2.29. The number of hydrogen-bond acceptors (Lipinski definition) is 4. The Hall–Kier alpha value is -2.49. The molecule has 1 heterocycles. The second-order valence-corrected chi connectivity index (χ2v) is 9.91. The number of carbonyl (C=O) groups is 1. The smallest absolute Gasteiger partial charge is 0.319 e. The van der Waals surface area contributed by atoms with Gasteiger partial charge in [-0.3, -0.25) is 0 Å². The first-order valence-corrected chi connectivity index (χ1v) is 11.7. The highest BCUT2D eigenvalue weighted by Gasteiger charge is 2.43. The lowest BCUT2D eigenvalue weighted by Crippen LogP contribution is -2.53. The molecule has 2 aromatic rings. The van der Waals surface area contributed by atoms with E-state index in [0.717, 1.165) is 5.56 Å². The van der Waals surface area contributed by atoms with Crippen LogP contribution in [-0.2, 0) is 20.5 Å². The molecule has 3 rings (SSSR count). The van der Waals surface area contributed by atoms with Gasteiger partial charge in [0.1, 0.15) is 5.82 Å². The summed E-state index contributed by atoms with van der Waals surface area (Å²) in [5, 5.41) is 5.78. The van der Waals surface area contributed by atoms with E-state index >= 15 is 0 Å². The van der Waals surface area contributed by atoms with Gasteiger partial charge in [0.05, 0.1) is 11.3 Å². The Morgan fingerprint density at radius 1 is 1.23 bits per heavy atom. The Balaban J connectivity index is 1.71. The summed E-state index contributed by atoms with van der Waals surface area (Å²) in [6.07, 6.45) is 0.927. The fraction of sp³-hybridized carbons (Fsp3) is 0.409. The standard InChI is InChI=1S/C22H28FN3O4S/c1-17-5-3-8-20(13-17)24-21(27)25-22(10-12-30-2)9-11-26(16-22)31(28,29)15-18-6-4-7-19(23)14-18/h3-8,13-14H,9-12,15-16H2,1-2H3,(H2,24,25,27). The summed E-state index contributed by atoms with van der Waals surface area (Å²) in [6, 6.07) is 12.6. The van der Waals surface area contributed by atoms with E-state index < -0.39 is 27.4 Å². The lowest BCUT2D eigenvalue weighted by atomic mass is 9.95. The molecule has 31 heavy (non-hydrogen) atoms. The summed E-state index contributed by atoms with van der Waals surface area (Å²) in [5.74, 6) is -0.765. The van der Waals surface area contributed by atoms with Crippen LogP contribution in [0.3, 0.4) is 0 Å². The first-order valence-electron chi connectivity index (χ1n) is 10.1. The second-order valence-electron chi connectivity index (χ2n) is 7.94. The van der Waals surface area contributed by atoms with Gasteiger partial charge in [0.15, 0.2) is 0 Å². The number of aryl methyl sites for hydroxylation is 1. The number of methoxy groups -OCH3 is 1. The summed E-state index contributed by atoms with van der Waals surface area (Å²) < 4.78 is 45.9. The summed E-state index contributed by atoms with van der Waals surface area (Å²) in [5.41, 5.74) is 1.31. The Kier molecular flexibility index (Phi) is 7.30. The summed E-state index contributed by atoms with van der Waals surface area (Å²) in [4.78, 5) is 12.7. The van der Waals surface area contributed by atoms with Gasteiger partial charge in [0, 0.05) is 32.5 Å². The molecule has 1 aliphatic rings. The predicted molar refractivity (Wildman–Crippen MR) is 118 cm³/mol. The van der Waals surface area contributed by atoms with Crippen molar-refractivity contribution in [3.63, 3.8) is 0 Å². The molecule has 2 aromatic carbocycles. The molecule has 1 saturated heterocycles. The third-order valence-corrected chi connectivity index (χ3v) is 7.19. The summed E-state index contributed by atoms with van der Waals surface area (Å²) in [6.45, 7) is 2.71. The minimum atomic E-state index is -3.67. The van der Waals surface area contributed by atoms with Gasteiger partial charge < -0.3 is 15.4 Å². The molecule has 1 fully saturated rings. The van der Waals surface area contributed by atoms with Crippen LogP contribution in [0.5, 0.6) is 0 Å². The Bertz CT molecular complexity index is 1030. The van der Waals surface area contributed by atoms with Crippen molar-refractivity contribution < 1.29 is 22.3 Å². The van der Waals surface area contributed by atoms with Crippen LogP contribution in [-0.4, -0.2) is 51.1 Å². The second kappa shape index (κ2) is 9.76. The average molecular weight is 450 g/mol. The molecule has 168 valence electrons. The normalized spacial score (nSPS) is 19.3. The minimum Gasteiger partial charge on any atom is -0.385 e.